The van der Waals surface area contributed by atoms with Crippen molar-refractivity contribution in [3.8, 4) is 5.75 Å². The minimum absolute atomic E-state index is 0.0537. The quantitative estimate of drug-likeness (QED) is 0.267. The molecule has 3 aromatic rings. The summed E-state index contributed by atoms with van der Waals surface area (Å²) in [5, 5.41) is 21.3. The average Bonchev–Trinajstić information content (AvgIpc) is 3.44. The first-order valence-corrected chi connectivity index (χ1v) is 14.5. The predicted molar refractivity (Wildman–Crippen MR) is 161 cm³/mol. The summed E-state index contributed by atoms with van der Waals surface area (Å²) in [5.41, 5.74) is 1.18. The van der Waals surface area contributed by atoms with E-state index in [4.69, 9.17) is 0 Å². The molecule has 1 saturated heterocycles. The van der Waals surface area contributed by atoms with Crippen LogP contribution in [0.5, 0.6) is 5.75 Å². The molecule has 1 unspecified atom stereocenters. The van der Waals surface area contributed by atoms with Crippen molar-refractivity contribution in [2.75, 3.05) is 19.6 Å². The van der Waals surface area contributed by atoms with Crippen LogP contribution in [-0.2, 0) is 27.3 Å². The molecule has 0 aliphatic carbocycles. The van der Waals surface area contributed by atoms with Crippen molar-refractivity contribution < 1.29 is 19.5 Å². The van der Waals surface area contributed by atoms with Gasteiger partial charge in [0, 0.05) is 37.0 Å². The maximum Gasteiger partial charge on any atom is 0.243 e. The van der Waals surface area contributed by atoms with Crippen molar-refractivity contribution in [2.45, 2.75) is 65.1 Å². The summed E-state index contributed by atoms with van der Waals surface area (Å²) in [6.07, 6.45) is 2.37. The highest BCUT2D eigenvalue weighted by molar-refractivity contribution is 5.93. The third-order valence-electron chi connectivity index (χ3n) is 7.48. The maximum absolute atomic E-state index is 13.5. The second kappa shape index (κ2) is 13.6. The topological polar surface area (TPSA) is 111 Å². The number of nitrogens with one attached hydrogen (secondary N) is 3. The van der Waals surface area contributed by atoms with Crippen molar-refractivity contribution in [1.82, 2.24) is 20.9 Å². The van der Waals surface area contributed by atoms with Gasteiger partial charge in [-0.3, -0.25) is 14.4 Å². The summed E-state index contributed by atoms with van der Waals surface area (Å²) in [6, 6.07) is 19.9. The van der Waals surface area contributed by atoms with Crippen LogP contribution in [0.3, 0.4) is 0 Å². The number of rotatable bonds is 11. The molecule has 1 aliphatic heterocycles. The Labute approximate surface area is 242 Å². The van der Waals surface area contributed by atoms with E-state index in [-0.39, 0.29) is 23.5 Å². The number of fused-ring (bicyclic) bond motifs is 1. The highest BCUT2D eigenvalue weighted by Crippen LogP contribution is 2.26. The highest BCUT2D eigenvalue weighted by atomic mass is 16.3. The lowest BCUT2D eigenvalue weighted by atomic mass is 9.94. The smallest absolute Gasteiger partial charge is 0.243 e. The molecule has 2 atom stereocenters. The van der Waals surface area contributed by atoms with E-state index in [9.17, 15) is 19.5 Å². The van der Waals surface area contributed by atoms with Crippen LogP contribution in [0.1, 0.15) is 51.2 Å². The molecule has 3 amide bonds. The number of amides is 3. The molecule has 0 radical (unpaired) electrons. The van der Waals surface area contributed by atoms with E-state index in [1.165, 1.54) is 0 Å². The van der Waals surface area contributed by atoms with E-state index in [0.717, 1.165) is 28.3 Å². The Morgan fingerprint density at radius 3 is 2.46 bits per heavy atom. The molecule has 0 aromatic heterocycles. The minimum atomic E-state index is -0.773. The van der Waals surface area contributed by atoms with Crippen LogP contribution >= 0.6 is 0 Å². The van der Waals surface area contributed by atoms with E-state index >= 15 is 0 Å². The Hall–Kier alpha value is -3.91. The molecule has 1 fully saturated rings. The molecule has 0 spiro atoms. The number of likely N-dealkylation sites (tertiary alicyclic amines) is 1. The van der Waals surface area contributed by atoms with E-state index < -0.39 is 17.5 Å². The van der Waals surface area contributed by atoms with E-state index in [1.807, 2.05) is 69.3 Å². The fraction of sp³-hybridized carbons (Fsp3) is 0.424. The number of hydrogen-bond acceptors (Lipinski definition) is 5. The maximum atomic E-state index is 13.5. The standard InChI is InChI=1S/C33H42N4O4/c1-33(2,3)32(41)37-19-8-13-28(37)31(40)36-27(21-23-15-16-24-10-4-5-11-25(24)20-23)30(39)35-18-9-17-34-22-26-12-6-7-14-29(26)38/h4-7,10-12,14-16,20,27-28,34,38H,8-9,13,17-19,21-22H2,1-3H3,(H,35,39)(H,36,40)/t27-,28?/m1/s1. The number of benzene rings is 3. The van der Waals surface area contributed by atoms with Gasteiger partial charge in [0.2, 0.25) is 17.7 Å². The SMILES string of the molecule is CC(C)(C)C(=O)N1CCCC1C(=O)N[C@H](Cc1ccc2ccccc2c1)C(=O)NCCCNCc1ccccc1O. The first kappa shape index (κ1) is 30.1. The molecule has 8 heteroatoms. The van der Waals surface area contributed by atoms with Gasteiger partial charge in [-0.2, -0.15) is 0 Å². The molecule has 4 N–H and O–H groups in total. The van der Waals surface area contributed by atoms with Gasteiger partial charge >= 0.3 is 0 Å². The zero-order valence-electron chi connectivity index (χ0n) is 24.3. The summed E-state index contributed by atoms with van der Waals surface area (Å²) in [5.74, 6) is -0.336. The Morgan fingerprint density at radius 1 is 0.976 bits per heavy atom. The molecule has 1 aliphatic rings. The van der Waals surface area contributed by atoms with E-state index in [1.54, 1.807) is 17.0 Å². The molecule has 4 rings (SSSR count). The second-order valence-electron chi connectivity index (χ2n) is 11.8. The molecular weight excluding hydrogens is 516 g/mol. The number of hydrogen-bond donors (Lipinski definition) is 4. The van der Waals surface area contributed by atoms with Gasteiger partial charge in [-0.15, -0.1) is 0 Å². The largest absolute Gasteiger partial charge is 0.508 e. The van der Waals surface area contributed by atoms with Crippen LogP contribution in [-0.4, -0.2) is 59.4 Å². The first-order valence-electron chi connectivity index (χ1n) is 14.5. The van der Waals surface area contributed by atoms with Crippen molar-refractivity contribution in [3.63, 3.8) is 0 Å². The van der Waals surface area contributed by atoms with Crippen LogP contribution in [0.15, 0.2) is 66.7 Å². The minimum Gasteiger partial charge on any atom is -0.508 e. The van der Waals surface area contributed by atoms with Gasteiger partial charge in [0.15, 0.2) is 0 Å². The number of nitrogens with zero attached hydrogens (tertiary/aromatic N) is 1. The van der Waals surface area contributed by atoms with Crippen LogP contribution in [0.25, 0.3) is 10.8 Å². The van der Waals surface area contributed by atoms with Gasteiger partial charge in [0.1, 0.15) is 17.8 Å². The number of phenolic OH excluding ortho intramolecular Hbond substituents is 1. The first-order chi connectivity index (χ1) is 19.6. The summed E-state index contributed by atoms with van der Waals surface area (Å²) in [4.78, 5) is 41.5. The van der Waals surface area contributed by atoms with Gasteiger partial charge < -0.3 is 26.0 Å². The zero-order chi connectivity index (χ0) is 29.4. The van der Waals surface area contributed by atoms with Gasteiger partial charge in [0.25, 0.3) is 0 Å². The molecule has 0 bridgehead atoms. The highest BCUT2D eigenvalue weighted by Gasteiger charge is 2.39. The summed E-state index contributed by atoms with van der Waals surface area (Å²) in [7, 11) is 0. The summed E-state index contributed by atoms with van der Waals surface area (Å²) in [6.45, 7) is 7.75. The van der Waals surface area contributed by atoms with Crippen LogP contribution in [0.2, 0.25) is 0 Å². The van der Waals surface area contributed by atoms with E-state index in [0.29, 0.717) is 45.4 Å². The van der Waals surface area contributed by atoms with E-state index in [2.05, 4.69) is 22.0 Å². The Morgan fingerprint density at radius 2 is 1.71 bits per heavy atom. The third kappa shape index (κ3) is 8.07. The zero-order valence-corrected chi connectivity index (χ0v) is 24.3. The molecule has 8 nitrogen and oxygen atoms in total. The number of phenols is 1. The van der Waals surface area contributed by atoms with Gasteiger partial charge in [0.05, 0.1) is 0 Å². The van der Waals surface area contributed by atoms with Crippen LogP contribution < -0.4 is 16.0 Å². The number of carbonyl (C=O) groups is 3. The lowest BCUT2D eigenvalue weighted by Crippen LogP contribution is -2.55. The van der Waals surface area contributed by atoms with Gasteiger partial charge in [-0.1, -0.05) is 81.4 Å². The molecule has 218 valence electrons. The van der Waals surface area contributed by atoms with Crippen molar-refractivity contribution >= 4 is 28.5 Å². The molecule has 0 saturated carbocycles. The van der Waals surface area contributed by atoms with Gasteiger partial charge in [-0.25, -0.2) is 0 Å². The monoisotopic (exact) mass is 558 g/mol. The van der Waals surface area contributed by atoms with Crippen LogP contribution in [0, 0.1) is 5.41 Å². The molecule has 1 heterocycles. The molecule has 41 heavy (non-hydrogen) atoms. The average molecular weight is 559 g/mol. The Bertz CT molecular complexity index is 1370. The Kier molecular flexibility index (Phi) is 10.00. The number of carbonyl (C=O) groups excluding carboxylic acids is 3. The Balaban J connectivity index is 1.39. The fourth-order valence-corrected chi connectivity index (χ4v) is 5.22. The predicted octanol–water partition coefficient (Wildman–Crippen LogP) is 3.91. The second-order valence-corrected chi connectivity index (χ2v) is 11.8. The van der Waals surface area contributed by atoms with Crippen molar-refractivity contribution in [3.05, 3.63) is 77.9 Å². The number of para-hydroxylation sites is 1. The molecule has 3 aromatic carbocycles. The molecular formula is C33H42N4O4. The van der Waals surface area contributed by atoms with Gasteiger partial charge in [-0.05, 0) is 48.2 Å². The fourth-order valence-electron chi connectivity index (χ4n) is 5.22. The lowest BCUT2D eigenvalue weighted by Gasteiger charge is -2.31. The van der Waals surface area contributed by atoms with Crippen molar-refractivity contribution in [1.29, 1.82) is 0 Å². The summed E-state index contributed by atoms with van der Waals surface area (Å²) < 4.78 is 0. The normalized spacial score (nSPS) is 16.0. The number of aromatic hydroxyl groups is 1. The van der Waals surface area contributed by atoms with Crippen molar-refractivity contribution in [2.24, 2.45) is 5.41 Å². The third-order valence-corrected chi connectivity index (χ3v) is 7.48. The summed E-state index contributed by atoms with van der Waals surface area (Å²) >= 11 is 0. The van der Waals surface area contributed by atoms with Crippen LogP contribution in [0.4, 0.5) is 0 Å². The lowest BCUT2D eigenvalue weighted by molar-refractivity contribution is -0.145.